The number of thiophene rings is 1. The number of hydrogen-bond acceptors (Lipinski definition) is 2. The van der Waals surface area contributed by atoms with E-state index in [0.717, 1.165) is 22.6 Å². The SMILES string of the molecule is Cc1ccsc1CNc1cc(C(F)(F)F)ccc1Br. The van der Waals surface area contributed by atoms with E-state index in [9.17, 15) is 13.2 Å². The van der Waals surface area contributed by atoms with E-state index in [2.05, 4.69) is 21.2 Å². The number of alkyl halides is 3. The standard InChI is InChI=1S/C13H11BrF3NS/c1-8-4-5-19-12(8)7-18-11-6-9(13(15,16)17)2-3-10(11)14/h2-6,18H,7H2,1H3. The Bertz CT molecular complexity index is 578. The molecule has 1 heterocycles. The molecule has 0 aliphatic carbocycles. The lowest BCUT2D eigenvalue weighted by Crippen LogP contribution is -2.07. The Balaban J connectivity index is 2.18. The molecule has 0 aliphatic rings. The van der Waals surface area contributed by atoms with Crippen LogP contribution >= 0.6 is 27.3 Å². The van der Waals surface area contributed by atoms with Crippen molar-refractivity contribution in [1.29, 1.82) is 0 Å². The van der Waals surface area contributed by atoms with Crippen LogP contribution in [0.25, 0.3) is 0 Å². The summed E-state index contributed by atoms with van der Waals surface area (Å²) in [6.45, 7) is 2.50. The molecule has 2 rings (SSSR count). The normalized spacial score (nSPS) is 11.6. The van der Waals surface area contributed by atoms with E-state index < -0.39 is 11.7 Å². The highest BCUT2D eigenvalue weighted by atomic mass is 79.9. The minimum Gasteiger partial charge on any atom is -0.379 e. The van der Waals surface area contributed by atoms with Gasteiger partial charge in [0.1, 0.15) is 0 Å². The molecule has 0 saturated carbocycles. The lowest BCUT2D eigenvalue weighted by molar-refractivity contribution is -0.137. The average Bonchev–Trinajstić information content (AvgIpc) is 2.72. The van der Waals surface area contributed by atoms with Gasteiger partial charge in [0.25, 0.3) is 0 Å². The molecule has 0 amide bonds. The number of hydrogen-bond donors (Lipinski definition) is 1. The van der Waals surface area contributed by atoms with E-state index in [0.29, 0.717) is 16.7 Å². The molecule has 102 valence electrons. The molecule has 0 atom stereocenters. The Morgan fingerprint density at radius 1 is 1.26 bits per heavy atom. The van der Waals surface area contributed by atoms with Gasteiger partial charge in [-0.25, -0.2) is 0 Å². The summed E-state index contributed by atoms with van der Waals surface area (Å²) in [5.74, 6) is 0. The summed E-state index contributed by atoms with van der Waals surface area (Å²) in [5, 5.41) is 5.00. The first-order valence-corrected chi connectivity index (χ1v) is 7.19. The van der Waals surface area contributed by atoms with E-state index in [1.165, 1.54) is 6.07 Å². The average molecular weight is 350 g/mol. The summed E-state index contributed by atoms with van der Waals surface area (Å²) >= 11 is 4.84. The van der Waals surface area contributed by atoms with Crippen molar-refractivity contribution in [3.8, 4) is 0 Å². The zero-order chi connectivity index (χ0) is 14.0. The zero-order valence-corrected chi connectivity index (χ0v) is 12.4. The van der Waals surface area contributed by atoms with Gasteiger partial charge in [-0.15, -0.1) is 11.3 Å². The van der Waals surface area contributed by atoms with Gasteiger partial charge in [0.2, 0.25) is 0 Å². The Morgan fingerprint density at radius 3 is 2.58 bits per heavy atom. The maximum Gasteiger partial charge on any atom is 0.416 e. The van der Waals surface area contributed by atoms with Crippen LogP contribution in [0.2, 0.25) is 0 Å². The van der Waals surface area contributed by atoms with Crippen LogP contribution in [0.4, 0.5) is 18.9 Å². The third-order valence-electron chi connectivity index (χ3n) is 2.70. The third-order valence-corrected chi connectivity index (χ3v) is 4.42. The highest BCUT2D eigenvalue weighted by molar-refractivity contribution is 9.10. The van der Waals surface area contributed by atoms with Crippen molar-refractivity contribution >= 4 is 33.0 Å². The van der Waals surface area contributed by atoms with Crippen LogP contribution < -0.4 is 5.32 Å². The summed E-state index contributed by atoms with van der Waals surface area (Å²) in [4.78, 5) is 1.12. The summed E-state index contributed by atoms with van der Waals surface area (Å²) < 4.78 is 38.5. The van der Waals surface area contributed by atoms with E-state index in [1.807, 2.05) is 18.4 Å². The molecule has 1 nitrogen and oxygen atoms in total. The van der Waals surface area contributed by atoms with Crippen LogP contribution in [-0.4, -0.2) is 0 Å². The maximum absolute atomic E-state index is 12.6. The highest BCUT2D eigenvalue weighted by Gasteiger charge is 2.30. The van der Waals surface area contributed by atoms with Crippen LogP contribution in [0.15, 0.2) is 34.1 Å². The predicted molar refractivity (Wildman–Crippen MR) is 75.5 cm³/mol. The topological polar surface area (TPSA) is 12.0 Å². The maximum atomic E-state index is 12.6. The Morgan fingerprint density at radius 2 is 2.00 bits per heavy atom. The smallest absolute Gasteiger partial charge is 0.379 e. The lowest BCUT2D eigenvalue weighted by atomic mass is 10.2. The van der Waals surface area contributed by atoms with Gasteiger partial charge in [-0.1, -0.05) is 0 Å². The van der Waals surface area contributed by atoms with Gasteiger partial charge in [-0.05, 0) is 58.1 Å². The van der Waals surface area contributed by atoms with Gasteiger partial charge in [0, 0.05) is 21.6 Å². The van der Waals surface area contributed by atoms with Gasteiger partial charge >= 0.3 is 6.18 Å². The zero-order valence-electron chi connectivity index (χ0n) is 10.0. The number of nitrogens with one attached hydrogen (secondary N) is 1. The fourth-order valence-electron chi connectivity index (χ4n) is 1.60. The van der Waals surface area contributed by atoms with Crippen molar-refractivity contribution in [2.75, 3.05) is 5.32 Å². The van der Waals surface area contributed by atoms with E-state index in [-0.39, 0.29) is 0 Å². The molecular formula is C13H11BrF3NS. The summed E-state index contributed by atoms with van der Waals surface area (Å²) in [7, 11) is 0. The van der Waals surface area contributed by atoms with Gasteiger partial charge in [0.15, 0.2) is 0 Å². The second-order valence-corrected chi connectivity index (χ2v) is 5.93. The van der Waals surface area contributed by atoms with E-state index in [1.54, 1.807) is 11.3 Å². The van der Waals surface area contributed by atoms with Crippen molar-refractivity contribution in [3.63, 3.8) is 0 Å². The Labute approximate surface area is 121 Å². The van der Waals surface area contributed by atoms with E-state index in [4.69, 9.17) is 0 Å². The molecule has 1 aromatic carbocycles. The molecule has 0 spiro atoms. The van der Waals surface area contributed by atoms with Crippen LogP contribution in [0, 0.1) is 6.92 Å². The number of aryl methyl sites for hydroxylation is 1. The molecular weight excluding hydrogens is 339 g/mol. The fraction of sp³-hybridized carbons (Fsp3) is 0.231. The molecule has 0 saturated heterocycles. The summed E-state index contributed by atoms with van der Waals surface area (Å²) in [6.07, 6.45) is -4.32. The molecule has 0 radical (unpaired) electrons. The largest absolute Gasteiger partial charge is 0.416 e. The summed E-state index contributed by atoms with van der Waals surface area (Å²) in [6, 6.07) is 5.58. The van der Waals surface area contributed by atoms with Crippen molar-refractivity contribution < 1.29 is 13.2 Å². The lowest BCUT2D eigenvalue weighted by Gasteiger charge is -2.12. The third kappa shape index (κ3) is 3.51. The van der Waals surface area contributed by atoms with Crippen LogP contribution in [0.5, 0.6) is 0 Å². The minimum atomic E-state index is -4.32. The molecule has 2 aromatic rings. The molecule has 19 heavy (non-hydrogen) atoms. The number of anilines is 1. The molecule has 1 N–H and O–H groups in total. The fourth-order valence-corrected chi connectivity index (χ4v) is 2.83. The van der Waals surface area contributed by atoms with Crippen molar-refractivity contribution in [2.24, 2.45) is 0 Å². The Hall–Kier alpha value is -1.01. The molecule has 0 aliphatic heterocycles. The van der Waals surface area contributed by atoms with Crippen LogP contribution in [-0.2, 0) is 12.7 Å². The second-order valence-electron chi connectivity index (χ2n) is 4.07. The number of benzene rings is 1. The molecule has 0 fully saturated rings. The molecule has 6 heteroatoms. The van der Waals surface area contributed by atoms with Gasteiger partial charge < -0.3 is 5.32 Å². The molecule has 0 unspecified atom stereocenters. The van der Waals surface area contributed by atoms with Gasteiger partial charge in [-0.2, -0.15) is 13.2 Å². The van der Waals surface area contributed by atoms with Crippen molar-refractivity contribution in [2.45, 2.75) is 19.6 Å². The molecule has 1 aromatic heterocycles. The first kappa shape index (κ1) is 14.4. The minimum absolute atomic E-state index is 0.447. The molecule has 0 bridgehead atoms. The van der Waals surface area contributed by atoms with Gasteiger partial charge in [-0.3, -0.25) is 0 Å². The monoisotopic (exact) mass is 349 g/mol. The first-order chi connectivity index (χ1) is 8.88. The quantitative estimate of drug-likeness (QED) is 0.776. The van der Waals surface area contributed by atoms with E-state index >= 15 is 0 Å². The van der Waals surface area contributed by atoms with Crippen LogP contribution in [0.3, 0.4) is 0 Å². The number of rotatable bonds is 3. The predicted octanol–water partition coefficient (Wildman–Crippen LogP) is 5.45. The highest BCUT2D eigenvalue weighted by Crippen LogP contribution is 2.34. The summed E-state index contributed by atoms with van der Waals surface area (Å²) in [5.41, 5.74) is 0.935. The second kappa shape index (κ2) is 5.54. The number of halogens is 4. The van der Waals surface area contributed by atoms with Crippen LogP contribution in [0.1, 0.15) is 16.0 Å². The van der Waals surface area contributed by atoms with Gasteiger partial charge in [0.05, 0.1) is 5.56 Å². The Kier molecular flexibility index (Phi) is 4.20. The van der Waals surface area contributed by atoms with Crippen molar-refractivity contribution in [1.82, 2.24) is 0 Å². The van der Waals surface area contributed by atoms with Crippen molar-refractivity contribution in [3.05, 3.63) is 50.1 Å². The first-order valence-electron chi connectivity index (χ1n) is 5.51.